The largest absolute Gasteiger partial charge is 0.339 e. The molecule has 1 heterocycles. The van der Waals surface area contributed by atoms with Gasteiger partial charge in [0.1, 0.15) is 11.5 Å². The number of benzene rings is 2. The highest BCUT2D eigenvalue weighted by Crippen LogP contribution is 2.21. The van der Waals surface area contributed by atoms with Gasteiger partial charge in [-0.15, -0.1) is 0 Å². The van der Waals surface area contributed by atoms with Crippen LogP contribution in [0.5, 0.6) is 0 Å². The maximum atomic E-state index is 12.3. The SMILES string of the molecule is CC(=O)Nc1ccc(NC(=O)c2cnc(Nc3cccc(C)c3C)cn2)cc1. The minimum atomic E-state index is -0.363. The van der Waals surface area contributed by atoms with Gasteiger partial charge in [0.05, 0.1) is 12.4 Å². The Bertz CT molecular complexity index is 998. The maximum Gasteiger partial charge on any atom is 0.275 e. The molecule has 0 aliphatic rings. The molecule has 0 saturated heterocycles. The van der Waals surface area contributed by atoms with Gasteiger partial charge in [0.2, 0.25) is 5.91 Å². The molecule has 7 nitrogen and oxygen atoms in total. The molecule has 0 fully saturated rings. The van der Waals surface area contributed by atoms with Crippen molar-refractivity contribution in [3.8, 4) is 0 Å². The first-order chi connectivity index (χ1) is 13.4. The van der Waals surface area contributed by atoms with Crippen LogP contribution in [0.2, 0.25) is 0 Å². The highest BCUT2D eigenvalue weighted by Gasteiger charge is 2.09. The smallest absolute Gasteiger partial charge is 0.275 e. The lowest BCUT2D eigenvalue weighted by Gasteiger charge is -2.11. The number of aryl methyl sites for hydroxylation is 1. The minimum Gasteiger partial charge on any atom is -0.339 e. The quantitative estimate of drug-likeness (QED) is 0.625. The fraction of sp³-hybridized carbons (Fsp3) is 0.143. The van der Waals surface area contributed by atoms with E-state index in [0.29, 0.717) is 17.2 Å². The highest BCUT2D eigenvalue weighted by atomic mass is 16.2. The number of nitrogens with zero attached hydrogens (tertiary/aromatic N) is 2. The van der Waals surface area contributed by atoms with E-state index in [0.717, 1.165) is 11.3 Å². The first-order valence-electron chi connectivity index (χ1n) is 8.76. The van der Waals surface area contributed by atoms with E-state index in [2.05, 4.69) is 25.9 Å². The summed E-state index contributed by atoms with van der Waals surface area (Å²) < 4.78 is 0. The van der Waals surface area contributed by atoms with E-state index in [1.165, 1.54) is 24.9 Å². The van der Waals surface area contributed by atoms with Crippen molar-refractivity contribution >= 4 is 34.7 Å². The Morgan fingerprint density at radius 1 is 0.857 bits per heavy atom. The normalized spacial score (nSPS) is 10.2. The second kappa shape index (κ2) is 8.30. The number of carbonyl (C=O) groups excluding carboxylic acids is 2. The lowest BCUT2D eigenvalue weighted by Crippen LogP contribution is -2.14. The minimum absolute atomic E-state index is 0.151. The third kappa shape index (κ3) is 4.70. The second-order valence-corrected chi connectivity index (χ2v) is 6.37. The molecule has 0 spiro atoms. The average Bonchev–Trinajstić information content (AvgIpc) is 2.67. The van der Waals surface area contributed by atoms with E-state index in [-0.39, 0.29) is 17.5 Å². The second-order valence-electron chi connectivity index (χ2n) is 6.37. The van der Waals surface area contributed by atoms with Crippen LogP contribution in [0.3, 0.4) is 0 Å². The molecule has 2 amide bonds. The molecule has 28 heavy (non-hydrogen) atoms. The molecule has 3 N–H and O–H groups in total. The summed E-state index contributed by atoms with van der Waals surface area (Å²) in [6.45, 7) is 5.51. The Balaban J connectivity index is 1.65. The van der Waals surface area contributed by atoms with Crippen LogP contribution >= 0.6 is 0 Å². The van der Waals surface area contributed by atoms with E-state index in [4.69, 9.17) is 0 Å². The summed E-state index contributed by atoms with van der Waals surface area (Å²) in [5, 5.41) is 8.63. The van der Waals surface area contributed by atoms with Gasteiger partial charge in [-0.3, -0.25) is 9.59 Å². The van der Waals surface area contributed by atoms with Crippen molar-refractivity contribution in [1.29, 1.82) is 0 Å². The summed E-state index contributed by atoms with van der Waals surface area (Å²) in [6, 6.07) is 12.8. The van der Waals surface area contributed by atoms with Gasteiger partial charge < -0.3 is 16.0 Å². The van der Waals surface area contributed by atoms with Crippen molar-refractivity contribution in [3.05, 3.63) is 71.7 Å². The van der Waals surface area contributed by atoms with Crippen LogP contribution in [0.25, 0.3) is 0 Å². The van der Waals surface area contributed by atoms with E-state index < -0.39 is 0 Å². The standard InChI is InChI=1S/C21H21N5O2/c1-13-5-4-6-18(14(13)2)26-20-12-22-19(11-23-20)21(28)25-17-9-7-16(8-10-17)24-15(3)27/h4-12H,1-3H3,(H,23,26)(H,24,27)(H,25,28). The number of anilines is 4. The molecule has 7 heteroatoms. The molecular formula is C21H21N5O2. The van der Waals surface area contributed by atoms with Crippen molar-refractivity contribution in [1.82, 2.24) is 9.97 Å². The molecule has 0 radical (unpaired) electrons. The monoisotopic (exact) mass is 375 g/mol. The van der Waals surface area contributed by atoms with E-state index in [1.807, 2.05) is 32.0 Å². The molecule has 0 saturated carbocycles. The van der Waals surface area contributed by atoms with Crippen molar-refractivity contribution in [2.24, 2.45) is 0 Å². The average molecular weight is 375 g/mol. The van der Waals surface area contributed by atoms with Gasteiger partial charge in [0.25, 0.3) is 5.91 Å². The Kier molecular flexibility index (Phi) is 5.64. The van der Waals surface area contributed by atoms with Crippen molar-refractivity contribution in [2.45, 2.75) is 20.8 Å². The lowest BCUT2D eigenvalue weighted by molar-refractivity contribution is -0.114. The van der Waals surface area contributed by atoms with Gasteiger partial charge in [-0.05, 0) is 55.3 Å². The molecule has 0 unspecified atom stereocenters. The molecule has 3 aromatic rings. The molecule has 2 aromatic carbocycles. The van der Waals surface area contributed by atoms with Crippen molar-refractivity contribution < 1.29 is 9.59 Å². The van der Waals surface area contributed by atoms with Gasteiger partial charge in [-0.1, -0.05) is 12.1 Å². The number of amides is 2. The van der Waals surface area contributed by atoms with Crippen LogP contribution in [0.4, 0.5) is 22.9 Å². The van der Waals surface area contributed by atoms with E-state index in [1.54, 1.807) is 24.3 Å². The molecule has 0 aliphatic heterocycles. The summed E-state index contributed by atoms with van der Waals surface area (Å²) in [4.78, 5) is 31.8. The van der Waals surface area contributed by atoms with E-state index in [9.17, 15) is 9.59 Å². The number of nitrogens with one attached hydrogen (secondary N) is 3. The number of carbonyl (C=O) groups is 2. The predicted octanol–water partition coefficient (Wildman–Crippen LogP) is 4.05. The van der Waals surface area contributed by atoms with Crippen LogP contribution in [0, 0.1) is 13.8 Å². The highest BCUT2D eigenvalue weighted by molar-refractivity contribution is 6.02. The number of hydrogen-bond acceptors (Lipinski definition) is 5. The molecule has 1 aromatic heterocycles. The van der Waals surface area contributed by atoms with Crippen LogP contribution in [-0.2, 0) is 4.79 Å². The third-order valence-electron chi connectivity index (χ3n) is 4.21. The Morgan fingerprint density at radius 3 is 2.14 bits per heavy atom. The Labute approximate surface area is 163 Å². The van der Waals surface area contributed by atoms with Gasteiger partial charge in [0, 0.05) is 24.0 Å². The fourth-order valence-corrected chi connectivity index (χ4v) is 2.57. The van der Waals surface area contributed by atoms with Crippen molar-refractivity contribution in [2.75, 3.05) is 16.0 Å². The fourth-order valence-electron chi connectivity index (χ4n) is 2.57. The molecule has 0 bridgehead atoms. The van der Waals surface area contributed by atoms with Gasteiger partial charge in [0.15, 0.2) is 0 Å². The molecule has 142 valence electrons. The third-order valence-corrected chi connectivity index (χ3v) is 4.21. The van der Waals surface area contributed by atoms with Crippen LogP contribution in [0.1, 0.15) is 28.5 Å². The predicted molar refractivity (Wildman–Crippen MR) is 110 cm³/mol. The molecular weight excluding hydrogens is 354 g/mol. The van der Waals surface area contributed by atoms with Crippen LogP contribution < -0.4 is 16.0 Å². The summed E-state index contributed by atoms with van der Waals surface area (Å²) >= 11 is 0. The summed E-state index contributed by atoms with van der Waals surface area (Å²) in [6.07, 6.45) is 2.95. The van der Waals surface area contributed by atoms with Gasteiger partial charge >= 0.3 is 0 Å². The Hall–Kier alpha value is -3.74. The van der Waals surface area contributed by atoms with Gasteiger partial charge in [-0.25, -0.2) is 9.97 Å². The van der Waals surface area contributed by atoms with E-state index >= 15 is 0 Å². The first kappa shape index (κ1) is 19.0. The summed E-state index contributed by atoms with van der Waals surface area (Å²) in [5.41, 5.74) is 4.72. The van der Waals surface area contributed by atoms with Crippen molar-refractivity contribution in [3.63, 3.8) is 0 Å². The Morgan fingerprint density at radius 2 is 1.54 bits per heavy atom. The number of hydrogen-bond donors (Lipinski definition) is 3. The molecule has 3 rings (SSSR count). The maximum absolute atomic E-state index is 12.3. The first-order valence-corrected chi connectivity index (χ1v) is 8.76. The summed E-state index contributed by atoms with van der Waals surface area (Å²) in [5.74, 6) is 0.0459. The summed E-state index contributed by atoms with van der Waals surface area (Å²) in [7, 11) is 0. The lowest BCUT2D eigenvalue weighted by atomic mass is 10.1. The zero-order chi connectivity index (χ0) is 20.1. The molecule has 0 atom stereocenters. The molecule has 0 aliphatic carbocycles. The van der Waals surface area contributed by atoms with Crippen LogP contribution in [-0.4, -0.2) is 21.8 Å². The number of aromatic nitrogens is 2. The number of rotatable bonds is 5. The van der Waals surface area contributed by atoms with Gasteiger partial charge in [-0.2, -0.15) is 0 Å². The zero-order valence-corrected chi connectivity index (χ0v) is 15.9. The zero-order valence-electron chi connectivity index (χ0n) is 15.9. The topological polar surface area (TPSA) is 96.0 Å². The van der Waals surface area contributed by atoms with Crippen LogP contribution in [0.15, 0.2) is 54.9 Å².